The highest BCUT2D eigenvalue weighted by Crippen LogP contribution is 2.28. The third kappa shape index (κ3) is 3.11. The van der Waals surface area contributed by atoms with Gasteiger partial charge in [0.05, 0.1) is 11.4 Å². The van der Waals surface area contributed by atoms with Crippen LogP contribution >= 0.6 is 11.8 Å². The number of hydrogen-bond acceptors (Lipinski definition) is 5. The standard InChI is InChI=1S/C18H12F2N4OS/c19-12-4-3-6-15(18(12)20)26-10-11-8-17(25)24-16(22-11)9-14(23-24)13-5-1-2-7-21-13/h1-9,25H,10H2. The number of aromatic hydroxyl groups is 1. The lowest BCUT2D eigenvalue weighted by atomic mass is 10.3. The minimum absolute atomic E-state index is 0.0903. The Kier molecular flexibility index (Phi) is 4.26. The van der Waals surface area contributed by atoms with E-state index in [9.17, 15) is 13.9 Å². The highest BCUT2D eigenvalue weighted by molar-refractivity contribution is 7.98. The van der Waals surface area contributed by atoms with E-state index in [4.69, 9.17) is 0 Å². The van der Waals surface area contributed by atoms with Crippen LogP contribution in [0.15, 0.2) is 59.6 Å². The molecule has 0 saturated heterocycles. The van der Waals surface area contributed by atoms with Crippen molar-refractivity contribution in [3.63, 3.8) is 0 Å². The lowest BCUT2D eigenvalue weighted by Gasteiger charge is -2.05. The lowest BCUT2D eigenvalue weighted by molar-refractivity contribution is 0.434. The molecule has 0 saturated carbocycles. The molecule has 3 aromatic heterocycles. The van der Waals surface area contributed by atoms with Crippen LogP contribution in [-0.4, -0.2) is 24.7 Å². The molecule has 4 aromatic rings. The monoisotopic (exact) mass is 370 g/mol. The third-order valence-corrected chi connectivity index (χ3v) is 4.75. The van der Waals surface area contributed by atoms with Crippen LogP contribution in [0, 0.1) is 11.6 Å². The van der Waals surface area contributed by atoms with E-state index >= 15 is 0 Å². The van der Waals surface area contributed by atoms with Gasteiger partial charge in [-0.05, 0) is 24.3 Å². The molecule has 3 heterocycles. The molecular formula is C18H12F2N4OS. The molecular weight excluding hydrogens is 358 g/mol. The van der Waals surface area contributed by atoms with Crippen molar-refractivity contribution in [1.82, 2.24) is 19.6 Å². The van der Waals surface area contributed by atoms with E-state index in [1.807, 2.05) is 12.1 Å². The average molecular weight is 370 g/mol. The van der Waals surface area contributed by atoms with Gasteiger partial charge in [0.1, 0.15) is 5.69 Å². The molecule has 0 aliphatic carbocycles. The van der Waals surface area contributed by atoms with Crippen molar-refractivity contribution < 1.29 is 13.9 Å². The molecule has 0 aliphatic rings. The van der Waals surface area contributed by atoms with E-state index in [1.54, 1.807) is 18.3 Å². The van der Waals surface area contributed by atoms with Crippen LogP contribution in [0.3, 0.4) is 0 Å². The molecule has 0 bridgehead atoms. The predicted molar refractivity (Wildman–Crippen MR) is 93.8 cm³/mol. The quantitative estimate of drug-likeness (QED) is 0.549. The maximum Gasteiger partial charge on any atom is 0.215 e. The highest BCUT2D eigenvalue weighted by atomic mass is 32.2. The molecule has 0 unspecified atom stereocenters. The van der Waals surface area contributed by atoms with Crippen molar-refractivity contribution in [2.24, 2.45) is 0 Å². The Morgan fingerprint density at radius 2 is 1.92 bits per heavy atom. The highest BCUT2D eigenvalue weighted by Gasteiger charge is 2.13. The molecule has 4 rings (SSSR count). The second-order valence-corrected chi connectivity index (χ2v) is 6.48. The molecule has 5 nitrogen and oxygen atoms in total. The van der Waals surface area contributed by atoms with Crippen molar-refractivity contribution in [2.75, 3.05) is 0 Å². The van der Waals surface area contributed by atoms with E-state index < -0.39 is 11.6 Å². The Labute approximate surface area is 151 Å². The Morgan fingerprint density at radius 3 is 2.73 bits per heavy atom. The Morgan fingerprint density at radius 1 is 1.04 bits per heavy atom. The molecule has 130 valence electrons. The fraction of sp³-hybridized carbons (Fsp3) is 0.0556. The van der Waals surface area contributed by atoms with Crippen LogP contribution < -0.4 is 0 Å². The van der Waals surface area contributed by atoms with E-state index in [-0.39, 0.29) is 16.5 Å². The van der Waals surface area contributed by atoms with Crippen LogP contribution in [0.1, 0.15) is 5.69 Å². The number of thioether (sulfide) groups is 1. The average Bonchev–Trinajstić information content (AvgIpc) is 3.08. The number of hydrogen-bond donors (Lipinski definition) is 1. The van der Waals surface area contributed by atoms with Gasteiger partial charge in [-0.15, -0.1) is 11.8 Å². The van der Waals surface area contributed by atoms with Gasteiger partial charge in [0.25, 0.3) is 0 Å². The summed E-state index contributed by atoms with van der Waals surface area (Å²) in [7, 11) is 0. The maximum absolute atomic E-state index is 13.7. The molecule has 0 aliphatic heterocycles. The first-order valence-electron chi connectivity index (χ1n) is 7.69. The predicted octanol–water partition coefficient (Wildman–Crippen LogP) is 4.07. The molecule has 0 amide bonds. The third-order valence-electron chi connectivity index (χ3n) is 3.68. The zero-order valence-corrected chi connectivity index (χ0v) is 14.1. The van der Waals surface area contributed by atoms with Crippen LogP contribution in [0.25, 0.3) is 17.0 Å². The number of benzene rings is 1. The van der Waals surface area contributed by atoms with Gasteiger partial charge in [0.15, 0.2) is 17.3 Å². The van der Waals surface area contributed by atoms with Gasteiger partial charge >= 0.3 is 0 Å². The first-order valence-corrected chi connectivity index (χ1v) is 8.67. The van der Waals surface area contributed by atoms with Gasteiger partial charge in [-0.1, -0.05) is 12.1 Å². The number of halogens is 2. The van der Waals surface area contributed by atoms with Gasteiger partial charge in [0, 0.05) is 29.0 Å². The number of fused-ring (bicyclic) bond motifs is 1. The molecule has 0 fully saturated rings. The van der Waals surface area contributed by atoms with Crippen molar-refractivity contribution >= 4 is 17.4 Å². The zero-order chi connectivity index (χ0) is 18.1. The second kappa shape index (κ2) is 6.72. The summed E-state index contributed by atoms with van der Waals surface area (Å²) in [6.45, 7) is 0. The van der Waals surface area contributed by atoms with Gasteiger partial charge in [0.2, 0.25) is 5.88 Å². The van der Waals surface area contributed by atoms with Crippen LogP contribution in [0.5, 0.6) is 5.88 Å². The number of rotatable bonds is 4. The van der Waals surface area contributed by atoms with Crippen molar-refractivity contribution in [2.45, 2.75) is 10.6 Å². The summed E-state index contributed by atoms with van der Waals surface area (Å²) in [4.78, 5) is 8.84. The van der Waals surface area contributed by atoms with Crippen LogP contribution in [0.4, 0.5) is 8.78 Å². The Bertz CT molecular complexity index is 1090. The minimum atomic E-state index is -0.892. The van der Waals surface area contributed by atoms with E-state index in [0.717, 1.165) is 17.8 Å². The fourth-order valence-electron chi connectivity index (χ4n) is 2.47. The number of pyridine rings is 1. The summed E-state index contributed by atoms with van der Waals surface area (Å²) in [6.07, 6.45) is 1.65. The molecule has 8 heteroatoms. The van der Waals surface area contributed by atoms with Gasteiger partial charge in [-0.25, -0.2) is 13.8 Å². The minimum Gasteiger partial charge on any atom is -0.493 e. The van der Waals surface area contributed by atoms with Gasteiger partial charge in [-0.2, -0.15) is 9.61 Å². The summed E-state index contributed by atoms with van der Waals surface area (Å²) in [6, 6.07) is 12.6. The van der Waals surface area contributed by atoms with E-state index in [1.165, 1.54) is 22.7 Å². The van der Waals surface area contributed by atoms with Gasteiger partial charge in [-0.3, -0.25) is 4.98 Å². The first kappa shape index (κ1) is 16.5. The Balaban J connectivity index is 1.63. The smallest absolute Gasteiger partial charge is 0.215 e. The summed E-state index contributed by atoms with van der Waals surface area (Å²) in [5, 5.41) is 14.5. The largest absolute Gasteiger partial charge is 0.493 e. The van der Waals surface area contributed by atoms with Gasteiger partial charge < -0.3 is 5.11 Å². The summed E-state index contributed by atoms with van der Waals surface area (Å²) in [5.41, 5.74) is 2.21. The topological polar surface area (TPSA) is 63.3 Å². The fourth-order valence-corrected chi connectivity index (χ4v) is 3.32. The second-order valence-electron chi connectivity index (χ2n) is 5.46. The summed E-state index contributed by atoms with van der Waals surface area (Å²) >= 11 is 1.10. The molecule has 0 atom stereocenters. The first-order chi connectivity index (χ1) is 12.6. The van der Waals surface area contributed by atoms with E-state index in [0.29, 0.717) is 22.7 Å². The lowest BCUT2D eigenvalue weighted by Crippen LogP contribution is -1.96. The molecule has 26 heavy (non-hydrogen) atoms. The maximum atomic E-state index is 13.7. The molecule has 0 spiro atoms. The SMILES string of the molecule is Oc1cc(CSc2cccc(F)c2F)nc2cc(-c3ccccn3)nn12. The van der Waals surface area contributed by atoms with Crippen molar-refractivity contribution in [3.05, 3.63) is 72.1 Å². The summed E-state index contributed by atoms with van der Waals surface area (Å²) in [5.74, 6) is -1.59. The van der Waals surface area contributed by atoms with Crippen molar-refractivity contribution in [1.29, 1.82) is 0 Å². The number of nitrogens with zero attached hydrogens (tertiary/aromatic N) is 4. The summed E-state index contributed by atoms with van der Waals surface area (Å²) < 4.78 is 28.3. The molecule has 1 N–H and O–H groups in total. The van der Waals surface area contributed by atoms with Crippen LogP contribution in [-0.2, 0) is 5.75 Å². The van der Waals surface area contributed by atoms with Crippen LogP contribution in [0.2, 0.25) is 0 Å². The van der Waals surface area contributed by atoms with Crippen molar-refractivity contribution in [3.8, 4) is 17.3 Å². The zero-order valence-electron chi connectivity index (χ0n) is 13.3. The normalized spacial score (nSPS) is 11.2. The van der Waals surface area contributed by atoms with E-state index in [2.05, 4.69) is 15.1 Å². The molecule has 0 radical (unpaired) electrons. The molecule has 1 aromatic carbocycles. The number of aromatic nitrogens is 4. The Hall–Kier alpha value is -3.00.